The zero-order chi connectivity index (χ0) is 16.1. The topological polar surface area (TPSA) is 45.5 Å². The predicted molar refractivity (Wildman–Crippen MR) is 93.6 cm³/mol. The molecule has 0 aliphatic heterocycles. The van der Waals surface area contributed by atoms with Gasteiger partial charge in [0.25, 0.3) is 0 Å². The van der Waals surface area contributed by atoms with E-state index in [1.807, 2.05) is 55.7 Å². The first-order chi connectivity index (χ1) is 11.2. The summed E-state index contributed by atoms with van der Waals surface area (Å²) in [5.41, 5.74) is 5.15. The standard InChI is InChI=1S/C20H18N2O/c1-15-2-7-20(23)18(12-15)14-22-19-5-3-16(4-6-19)13-17-8-10-21-11-9-17/h2-12,14,23H,13H2,1H3. The van der Waals surface area contributed by atoms with E-state index in [1.54, 1.807) is 12.3 Å². The van der Waals surface area contributed by atoms with E-state index in [9.17, 15) is 5.11 Å². The molecule has 2 aromatic carbocycles. The maximum Gasteiger partial charge on any atom is 0.124 e. The fraction of sp³-hybridized carbons (Fsp3) is 0.100. The molecule has 0 bridgehead atoms. The highest BCUT2D eigenvalue weighted by Crippen LogP contribution is 2.19. The summed E-state index contributed by atoms with van der Waals surface area (Å²) in [6.45, 7) is 1.99. The lowest BCUT2D eigenvalue weighted by Gasteiger charge is -2.03. The number of hydrogen-bond acceptors (Lipinski definition) is 3. The van der Waals surface area contributed by atoms with Crippen LogP contribution in [-0.2, 0) is 6.42 Å². The van der Waals surface area contributed by atoms with Gasteiger partial charge >= 0.3 is 0 Å². The van der Waals surface area contributed by atoms with Crippen LogP contribution in [0.3, 0.4) is 0 Å². The maximum absolute atomic E-state index is 9.82. The molecule has 3 rings (SSSR count). The molecule has 114 valence electrons. The number of benzene rings is 2. The smallest absolute Gasteiger partial charge is 0.124 e. The number of hydrogen-bond donors (Lipinski definition) is 1. The average molecular weight is 302 g/mol. The second-order valence-corrected chi connectivity index (χ2v) is 5.52. The number of aryl methyl sites for hydroxylation is 1. The monoisotopic (exact) mass is 302 g/mol. The van der Waals surface area contributed by atoms with Crippen LogP contribution in [0.2, 0.25) is 0 Å². The summed E-state index contributed by atoms with van der Waals surface area (Å²) >= 11 is 0. The van der Waals surface area contributed by atoms with Crippen LogP contribution in [0.1, 0.15) is 22.3 Å². The first kappa shape index (κ1) is 15.0. The first-order valence-electron chi connectivity index (χ1n) is 7.52. The van der Waals surface area contributed by atoms with E-state index < -0.39 is 0 Å². The van der Waals surface area contributed by atoms with Crippen molar-refractivity contribution >= 4 is 11.9 Å². The highest BCUT2D eigenvalue weighted by Gasteiger charge is 1.99. The second kappa shape index (κ2) is 6.88. The fourth-order valence-electron chi connectivity index (χ4n) is 2.36. The van der Waals surface area contributed by atoms with E-state index in [0.717, 1.165) is 23.2 Å². The lowest BCUT2D eigenvalue weighted by molar-refractivity contribution is 0.474. The van der Waals surface area contributed by atoms with Gasteiger partial charge in [0.15, 0.2) is 0 Å². The summed E-state index contributed by atoms with van der Waals surface area (Å²) in [6.07, 6.45) is 6.19. The third-order valence-corrected chi connectivity index (χ3v) is 3.63. The Labute approximate surface area is 136 Å². The average Bonchev–Trinajstić information content (AvgIpc) is 2.58. The van der Waals surface area contributed by atoms with Crippen molar-refractivity contribution < 1.29 is 5.11 Å². The van der Waals surface area contributed by atoms with Crippen molar-refractivity contribution in [3.05, 3.63) is 89.2 Å². The van der Waals surface area contributed by atoms with Gasteiger partial charge in [-0.15, -0.1) is 0 Å². The van der Waals surface area contributed by atoms with Crippen LogP contribution in [-0.4, -0.2) is 16.3 Å². The third-order valence-electron chi connectivity index (χ3n) is 3.63. The van der Waals surface area contributed by atoms with Crippen LogP contribution < -0.4 is 0 Å². The number of aliphatic imine (C=N–C) groups is 1. The molecule has 0 aliphatic carbocycles. The maximum atomic E-state index is 9.82. The lowest BCUT2D eigenvalue weighted by atomic mass is 10.1. The van der Waals surface area contributed by atoms with Crippen LogP contribution in [0.4, 0.5) is 5.69 Å². The van der Waals surface area contributed by atoms with Gasteiger partial charge in [0, 0.05) is 24.2 Å². The minimum atomic E-state index is 0.244. The van der Waals surface area contributed by atoms with Crippen LogP contribution in [0.5, 0.6) is 5.75 Å². The normalized spacial score (nSPS) is 11.0. The number of pyridine rings is 1. The summed E-state index contributed by atoms with van der Waals surface area (Å²) in [5.74, 6) is 0.244. The third kappa shape index (κ3) is 4.04. The van der Waals surface area contributed by atoms with E-state index in [1.165, 1.54) is 11.1 Å². The molecule has 3 nitrogen and oxygen atoms in total. The molecule has 1 aromatic heterocycles. The molecule has 1 heterocycles. The Bertz CT molecular complexity index is 809. The Morgan fingerprint density at radius 3 is 2.39 bits per heavy atom. The van der Waals surface area contributed by atoms with E-state index >= 15 is 0 Å². The van der Waals surface area contributed by atoms with Gasteiger partial charge in [0.05, 0.1) is 5.69 Å². The molecule has 0 unspecified atom stereocenters. The summed E-state index contributed by atoms with van der Waals surface area (Å²) in [6, 6.07) is 17.6. The Kier molecular flexibility index (Phi) is 4.48. The van der Waals surface area contributed by atoms with Gasteiger partial charge < -0.3 is 5.11 Å². The molecule has 0 atom stereocenters. The van der Waals surface area contributed by atoms with Crippen LogP contribution in [0.25, 0.3) is 0 Å². The predicted octanol–water partition coefficient (Wildman–Crippen LogP) is 4.44. The van der Waals surface area contributed by atoms with E-state index in [0.29, 0.717) is 0 Å². The highest BCUT2D eigenvalue weighted by molar-refractivity contribution is 5.85. The van der Waals surface area contributed by atoms with Gasteiger partial charge in [-0.25, -0.2) is 0 Å². The molecule has 0 amide bonds. The van der Waals surface area contributed by atoms with Crippen molar-refractivity contribution in [1.29, 1.82) is 0 Å². The molecule has 3 aromatic rings. The van der Waals surface area contributed by atoms with Gasteiger partial charge in [0.1, 0.15) is 5.75 Å². The number of phenols is 1. The summed E-state index contributed by atoms with van der Waals surface area (Å²) in [4.78, 5) is 8.46. The van der Waals surface area contributed by atoms with Gasteiger partial charge in [0.2, 0.25) is 0 Å². The van der Waals surface area contributed by atoms with Crippen molar-refractivity contribution in [2.75, 3.05) is 0 Å². The van der Waals surface area contributed by atoms with Gasteiger partial charge in [-0.1, -0.05) is 23.8 Å². The quantitative estimate of drug-likeness (QED) is 0.724. The molecule has 23 heavy (non-hydrogen) atoms. The summed E-state index contributed by atoms with van der Waals surface area (Å²) < 4.78 is 0. The van der Waals surface area contributed by atoms with E-state index in [-0.39, 0.29) is 5.75 Å². The molecule has 0 spiro atoms. The van der Waals surface area contributed by atoms with Crippen LogP contribution >= 0.6 is 0 Å². The molecule has 1 N–H and O–H groups in total. The molecular weight excluding hydrogens is 284 g/mol. The first-order valence-corrected chi connectivity index (χ1v) is 7.52. The van der Waals surface area contributed by atoms with E-state index in [2.05, 4.69) is 22.1 Å². The van der Waals surface area contributed by atoms with Crippen molar-refractivity contribution in [1.82, 2.24) is 4.98 Å². The fourth-order valence-corrected chi connectivity index (χ4v) is 2.36. The summed E-state index contributed by atoms with van der Waals surface area (Å²) in [7, 11) is 0. The number of aromatic hydroxyl groups is 1. The van der Waals surface area contributed by atoms with Crippen LogP contribution in [0.15, 0.2) is 72.0 Å². The lowest BCUT2D eigenvalue weighted by Crippen LogP contribution is -1.87. The number of phenolic OH excluding ortho intramolecular Hbond substituents is 1. The van der Waals surface area contributed by atoms with Gasteiger partial charge in [-0.2, -0.15) is 0 Å². The van der Waals surface area contributed by atoms with Gasteiger partial charge in [-0.05, 0) is 60.9 Å². The molecule has 0 radical (unpaired) electrons. The molecule has 3 heteroatoms. The zero-order valence-corrected chi connectivity index (χ0v) is 13.0. The minimum absolute atomic E-state index is 0.244. The Morgan fingerprint density at radius 1 is 0.957 bits per heavy atom. The second-order valence-electron chi connectivity index (χ2n) is 5.52. The number of aromatic nitrogens is 1. The summed E-state index contributed by atoms with van der Waals surface area (Å²) in [5, 5.41) is 9.82. The van der Waals surface area contributed by atoms with Crippen LogP contribution in [0, 0.1) is 6.92 Å². The minimum Gasteiger partial charge on any atom is -0.507 e. The highest BCUT2D eigenvalue weighted by atomic mass is 16.3. The Balaban J connectivity index is 1.72. The largest absolute Gasteiger partial charge is 0.507 e. The van der Waals surface area contributed by atoms with Crippen molar-refractivity contribution in [2.45, 2.75) is 13.3 Å². The van der Waals surface area contributed by atoms with Crippen molar-refractivity contribution in [3.8, 4) is 5.75 Å². The van der Waals surface area contributed by atoms with Gasteiger partial charge in [-0.3, -0.25) is 9.98 Å². The molecule has 0 saturated carbocycles. The van der Waals surface area contributed by atoms with E-state index in [4.69, 9.17) is 0 Å². The Morgan fingerprint density at radius 2 is 1.65 bits per heavy atom. The Hall–Kier alpha value is -2.94. The molecular formula is C20H18N2O. The number of rotatable bonds is 4. The molecule has 0 aliphatic rings. The molecule has 0 saturated heterocycles. The zero-order valence-electron chi connectivity index (χ0n) is 13.0. The van der Waals surface area contributed by atoms with Crippen molar-refractivity contribution in [3.63, 3.8) is 0 Å². The number of nitrogens with zero attached hydrogens (tertiary/aromatic N) is 2. The molecule has 0 fully saturated rings. The van der Waals surface area contributed by atoms with Crippen molar-refractivity contribution in [2.24, 2.45) is 4.99 Å². The SMILES string of the molecule is Cc1ccc(O)c(C=Nc2ccc(Cc3ccncc3)cc2)c1.